The number of hydrogen-bond donors (Lipinski definition) is 1. The van der Waals surface area contributed by atoms with E-state index < -0.39 is 5.82 Å². The first-order valence-electron chi connectivity index (χ1n) is 8.15. The fourth-order valence-corrected chi connectivity index (χ4v) is 3.90. The van der Waals surface area contributed by atoms with Crippen molar-refractivity contribution in [2.75, 3.05) is 31.5 Å². The number of rotatable bonds is 3. The number of halogens is 2. The largest absolute Gasteiger partial charge is 0.348 e. The third kappa shape index (κ3) is 5.10. The molecule has 2 heterocycles. The van der Waals surface area contributed by atoms with E-state index in [1.54, 1.807) is 23.5 Å². The Labute approximate surface area is 161 Å². The van der Waals surface area contributed by atoms with E-state index in [0.29, 0.717) is 10.8 Å². The summed E-state index contributed by atoms with van der Waals surface area (Å²) in [6.07, 6.45) is 1.04. The molecule has 0 saturated carbocycles. The van der Waals surface area contributed by atoms with Gasteiger partial charge in [-0.25, -0.2) is 9.37 Å². The van der Waals surface area contributed by atoms with Crippen LogP contribution < -0.4 is 5.32 Å². The SMILES string of the molecule is Cc1nc(CN2CCCN(C(=S)Nc3ccc(F)c(Cl)c3)CC2)cs1. The molecule has 1 fully saturated rings. The predicted octanol–water partition coefficient (Wildman–Crippen LogP) is 4.15. The molecule has 1 saturated heterocycles. The molecule has 0 amide bonds. The van der Waals surface area contributed by atoms with Crippen molar-refractivity contribution in [1.82, 2.24) is 14.8 Å². The Morgan fingerprint density at radius 3 is 2.92 bits per heavy atom. The van der Waals surface area contributed by atoms with Gasteiger partial charge in [0.2, 0.25) is 0 Å². The smallest absolute Gasteiger partial charge is 0.173 e. The van der Waals surface area contributed by atoms with Crippen LogP contribution in [0.1, 0.15) is 17.1 Å². The van der Waals surface area contributed by atoms with Gasteiger partial charge in [-0.15, -0.1) is 11.3 Å². The van der Waals surface area contributed by atoms with Crippen LogP contribution in [0.5, 0.6) is 0 Å². The number of nitrogens with zero attached hydrogens (tertiary/aromatic N) is 3. The maximum Gasteiger partial charge on any atom is 0.173 e. The van der Waals surface area contributed by atoms with E-state index in [9.17, 15) is 4.39 Å². The topological polar surface area (TPSA) is 31.4 Å². The predicted molar refractivity (Wildman–Crippen MR) is 106 cm³/mol. The Morgan fingerprint density at radius 2 is 2.20 bits per heavy atom. The third-order valence-corrected chi connectivity index (χ3v) is 5.57. The summed E-state index contributed by atoms with van der Waals surface area (Å²) in [7, 11) is 0. The summed E-state index contributed by atoms with van der Waals surface area (Å²) < 4.78 is 13.3. The fourth-order valence-electron chi connectivity index (χ4n) is 2.82. The zero-order valence-corrected chi connectivity index (χ0v) is 16.4. The van der Waals surface area contributed by atoms with Gasteiger partial charge in [0.15, 0.2) is 5.11 Å². The molecule has 1 aliphatic heterocycles. The summed E-state index contributed by atoms with van der Waals surface area (Å²) in [5.74, 6) is -0.430. The van der Waals surface area contributed by atoms with Crippen LogP contribution in [-0.4, -0.2) is 46.1 Å². The van der Waals surface area contributed by atoms with Crippen LogP contribution >= 0.6 is 35.2 Å². The van der Waals surface area contributed by atoms with Crippen molar-refractivity contribution in [3.05, 3.63) is 45.1 Å². The Hall–Kier alpha value is -1.28. The number of thiazole rings is 1. The third-order valence-electron chi connectivity index (χ3n) is 4.10. The van der Waals surface area contributed by atoms with E-state index in [1.165, 1.54) is 6.07 Å². The zero-order valence-electron chi connectivity index (χ0n) is 14.0. The molecule has 0 radical (unpaired) electrons. The van der Waals surface area contributed by atoms with Crippen molar-refractivity contribution in [3.8, 4) is 0 Å². The average molecular weight is 399 g/mol. The van der Waals surface area contributed by atoms with Crippen LogP contribution in [0.3, 0.4) is 0 Å². The van der Waals surface area contributed by atoms with Gasteiger partial charge in [-0.1, -0.05) is 11.6 Å². The summed E-state index contributed by atoms with van der Waals surface area (Å²) in [4.78, 5) is 9.10. The molecule has 3 rings (SSSR count). The maximum atomic E-state index is 13.3. The quantitative estimate of drug-likeness (QED) is 0.785. The highest BCUT2D eigenvalue weighted by Gasteiger charge is 2.18. The van der Waals surface area contributed by atoms with E-state index in [0.717, 1.165) is 49.8 Å². The minimum atomic E-state index is -0.430. The van der Waals surface area contributed by atoms with Crippen molar-refractivity contribution in [2.45, 2.75) is 19.9 Å². The lowest BCUT2D eigenvalue weighted by Crippen LogP contribution is -2.37. The van der Waals surface area contributed by atoms with E-state index in [2.05, 4.69) is 25.5 Å². The van der Waals surface area contributed by atoms with Gasteiger partial charge in [0.05, 0.1) is 15.7 Å². The standard InChI is InChI=1S/C17H20ClFN4S2/c1-12-20-14(11-25-12)10-22-5-2-6-23(8-7-22)17(24)21-13-3-4-16(19)15(18)9-13/h3-4,9,11H,2,5-8,10H2,1H3,(H,21,24). The number of aryl methyl sites for hydroxylation is 1. The lowest BCUT2D eigenvalue weighted by Gasteiger charge is -2.24. The zero-order chi connectivity index (χ0) is 17.8. The second kappa shape index (κ2) is 8.40. The lowest BCUT2D eigenvalue weighted by molar-refractivity contribution is 0.275. The molecule has 1 aromatic carbocycles. The van der Waals surface area contributed by atoms with Gasteiger partial charge in [0.1, 0.15) is 5.82 Å². The van der Waals surface area contributed by atoms with Gasteiger partial charge in [-0.3, -0.25) is 4.90 Å². The van der Waals surface area contributed by atoms with Crippen molar-refractivity contribution in [2.24, 2.45) is 0 Å². The highest BCUT2D eigenvalue weighted by molar-refractivity contribution is 7.80. The minimum Gasteiger partial charge on any atom is -0.348 e. The summed E-state index contributed by atoms with van der Waals surface area (Å²) >= 11 is 13.0. The van der Waals surface area contributed by atoms with Crippen molar-refractivity contribution < 1.29 is 4.39 Å². The van der Waals surface area contributed by atoms with E-state index in [1.807, 2.05) is 6.92 Å². The summed E-state index contributed by atoms with van der Waals surface area (Å²) in [5, 5.41) is 7.12. The van der Waals surface area contributed by atoms with Gasteiger partial charge < -0.3 is 10.2 Å². The molecule has 0 unspecified atom stereocenters. The van der Waals surface area contributed by atoms with Crippen LogP contribution in [-0.2, 0) is 6.54 Å². The molecular weight excluding hydrogens is 379 g/mol. The molecule has 25 heavy (non-hydrogen) atoms. The number of aromatic nitrogens is 1. The molecule has 1 N–H and O–H groups in total. The highest BCUT2D eigenvalue weighted by Crippen LogP contribution is 2.20. The highest BCUT2D eigenvalue weighted by atomic mass is 35.5. The Balaban J connectivity index is 1.54. The van der Waals surface area contributed by atoms with Gasteiger partial charge in [-0.05, 0) is 43.8 Å². The molecular formula is C17H20ClFN4S2. The lowest BCUT2D eigenvalue weighted by atomic mass is 10.3. The summed E-state index contributed by atoms with van der Waals surface area (Å²) in [6, 6.07) is 4.54. The molecule has 2 aromatic rings. The van der Waals surface area contributed by atoms with Gasteiger partial charge in [-0.2, -0.15) is 0 Å². The van der Waals surface area contributed by atoms with E-state index in [4.69, 9.17) is 23.8 Å². The first kappa shape index (κ1) is 18.5. The van der Waals surface area contributed by atoms with Crippen LogP contribution in [0.4, 0.5) is 10.1 Å². The first-order chi connectivity index (χ1) is 12.0. The molecule has 0 atom stereocenters. The molecule has 4 nitrogen and oxygen atoms in total. The van der Waals surface area contributed by atoms with E-state index >= 15 is 0 Å². The van der Waals surface area contributed by atoms with Crippen LogP contribution in [0.2, 0.25) is 5.02 Å². The Kier molecular flexibility index (Phi) is 6.22. The molecule has 8 heteroatoms. The van der Waals surface area contributed by atoms with Crippen LogP contribution in [0.25, 0.3) is 0 Å². The van der Waals surface area contributed by atoms with Crippen molar-refractivity contribution in [1.29, 1.82) is 0 Å². The molecule has 0 spiro atoms. The number of nitrogens with one attached hydrogen (secondary N) is 1. The second-order valence-electron chi connectivity index (χ2n) is 6.03. The number of hydrogen-bond acceptors (Lipinski definition) is 4. The minimum absolute atomic E-state index is 0.0911. The summed E-state index contributed by atoms with van der Waals surface area (Å²) in [5.41, 5.74) is 1.84. The fraction of sp³-hybridized carbons (Fsp3) is 0.412. The Bertz CT molecular complexity index is 752. The van der Waals surface area contributed by atoms with Gasteiger partial charge in [0, 0.05) is 43.8 Å². The number of anilines is 1. The molecule has 1 aromatic heterocycles. The van der Waals surface area contributed by atoms with Crippen LogP contribution in [0.15, 0.2) is 23.6 Å². The summed E-state index contributed by atoms with van der Waals surface area (Å²) in [6.45, 7) is 6.62. The normalized spacial score (nSPS) is 15.9. The average Bonchev–Trinajstić information content (AvgIpc) is 2.84. The van der Waals surface area contributed by atoms with Crippen molar-refractivity contribution in [3.63, 3.8) is 0 Å². The number of benzene rings is 1. The van der Waals surface area contributed by atoms with Crippen LogP contribution in [0, 0.1) is 12.7 Å². The molecule has 0 bridgehead atoms. The van der Waals surface area contributed by atoms with E-state index in [-0.39, 0.29) is 5.02 Å². The Morgan fingerprint density at radius 1 is 1.36 bits per heavy atom. The molecule has 1 aliphatic rings. The van der Waals surface area contributed by atoms with Gasteiger partial charge in [0.25, 0.3) is 0 Å². The second-order valence-corrected chi connectivity index (χ2v) is 7.89. The molecule has 0 aliphatic carbocycles. The van der Waals surface area contributed by atoms with Crippen molar-refractivity contribution >= 4 is 46.0 Å². The monoisotopic (exact) mass is 398 g/mol. The maximum absolute atomic E-state index is 13.3. The molecule has 134 valence electrons. The van der Waals surface area contributed by atoms with Gasteiger partial charge >= 0.3 is 0 Å². The first-order valence-corrected chi connectivity index (χ1v) is 9.82. The number of thiocarbonyl (C=S) groups is 1.